The van der Waals surface area contributed by atoms with E-state index in [1.807, 2.05) is 0 Å². The van der Waals surface area contributed by atoms with Gasteiger partial charge in [0.2, 0.25) is 5.95 Å². The van der Waals surface area contributed by atoms with Gasteiger partial charge in [-0.2, -0.15) is 0 Å². The molecule has 18 heavy (non-hydrogen) atoms. The normalized spacial score (nSPS) is 22.2. The van der Waals surface area contributed by atoms with E-state index in [0.29, 0.717) is 29.9 Å². The zero-order chi connectivity index (χ0) is 13.1. The molecular weight excluding hydrogens is 230 g/mol. The molecule has 1 aromatic heterocycles. The molecule has 1 N–H and O–H groups in total. The zero-order valence-corrected chi connectivity index (χ0v) is 11.1. The van der Waals surface area contributed by atoms with Gasteiger partial charge < -0.3 is 10.1 Å². The monoisotopic (exact) mass is 249 g/mol. The minimum atomic E-state index is -0.362. The predicted octanol–water partition coefficient (Wildman–Crippen LogP) is 2.17. The summed E-state index contributed by atoms with van der Waals surface area (Å²) in [6.45, 7) is 6.16. The van der Waals surface area contributed by atoms with Gasteiger partial charge in [0.25, 0.3) is 0 Å². The molecule has 0 radical (unpaired) electrons. The minimum absolute atomic E-state index is 0.359. The largest absolute Gasteiger partial charge is 0.462 e. The molecule has 2 rings (SSSR count). The second kappa shape index (κ2) is 5.33. The third-order valence-corrected chi connectivity index (χ3v) is 3.18. The number of hydrogen-bond acceptors (Lipinski definition) is 5. The van der Waals surface area contributed by atoms with Gasteiger partial charge in [-0.3, -0.25) is 0 Å². The van der Waals surface area contributed by atoms with Crippen LogP contribution >= 0.6 is 0 Å². The van der Waals surface area contributed by atoms with Crippen LogP contribution in [0.3, 0.4) is 0 Å². The summed E-state index contributed by atoms with van der Waals surface area (Å²) < 4.78 is 4.94. The lowest BCUT2D eigenvalue weighted by atomic mass is 9.82. The molecule has 1 saturated carbocycles. The number of rotatable bonds is 4. The van der Waals surface area contributed by atoms with Crippen LogP contribution in [0.15, 0.2) is 6.20 Å². The first-order valence-corrected chi connectivity index (χ1v) is 6.37. The highest BCUT2D eigenvalue weighted by Gasteiger charge is 2.25. The number of nitrogens with one attached hydrogen (secondary N) is 1. The molecule has 5 heteroatoms. The third-order valence-electron chi connectivity index (χ3n) is 3.18. The summed E-state index contributed by atoms with van der Waals surface area (Å²) >= 11 is 0. The molecule has 0 saturated heterocycles. The van der Waals surface area contributed by atoms with Crippen LogP contribution in [0.4, 0.5) is 5.95 Å². The number of carbonyl (C=O) groups excluding carboxylic acids is 1. The Morgan fingerprint density at radius 2 is 2.28 bits per heavy atom. The van der Waals surface area contributed by atoms with Gasteiger partial charge in [0.05, 0.1) is 17.9 Å². The summed E-state index contributed by atoms with van der Waals surface area (Å²) in [4.78, 5) is 20.1. The van der Waals surface area contributed by atoms with E-state index in [1.54, 1.807) is 13.8 Å². The van der Waals surface area contributed by atoms with Crippen molar-refractivity contribution in [2.45, 2.75) is 39.7 Å². The van der Waals surface area contributed by atoms with E-state index in [2.05, 4.69) is 22.2 Å². The smallest absolute Gasteiger partial charge is 0.341 e. The molecule has 0 aliphatic heterocycles. The molecule has 0 bridgehead atoms. The van der Waals surface area contributed by atoms with Gasteiger partial charge in [-0.05, 0) is 32.6 Å². The van der Waals surface area contributed by atoms with Gasteiger partial charge in [-0.15, -0.1) is 0 Å². The van der Waals surface area contributed by atoms with Crippen LogP contribution in [0.2, 0.25) is 0 Å². The molecule has 1 fully saturated rings. The van der Waals surface area contributed by atoms with E-state index in [4.69, 9.17) is 4.74 Å². The Morgan fingerprint density at radius 1 is 1.56 bits per heavy atom. The van der Waals surface area contributed by atoms with Crippen LogP contribution in [0.1, 0.15) is 42.7 Å². The van der Waals surface area contributed by atoms with Gasteiger partial charge >= 0.3 is 5.97 Å². The molecule has 0 spiro atoms. The van der Waals surface area contributed by atoms with Gasteiger partial charge in [-0.1, -0.05) is 6.92 Å². The molecule has 0 unspecified atom stereocenters. The van der Waals surface area contributed by atoms with Gasteiger partial charge in [0.1, 0.15) is 0 Å². The number of carbonyl (C=O) groups is 1. The quantitative estimate of drug-likeness (QED) is 0.828. The summed E-state index contributed by atoms with van der Waals surface area (Å²) in [5.74, 6) is 1.01. The number of aryl methyl sites for hydroxylation is 1. The fraction of sp³-hybridized carbons (Fsp3) is 0.615. The fourth-order valence-corrected chi connectivity index (χ4v) is 2.15. The van der Waals surface area contributed by atoms with Crippen molar-refractivity contribution in [3.63, 3.8) is 0 Å². The summed E-state index contributed by atoms with van der Waals surface area (Å²) in [6.07, 6.45) is 3.84. The molecule has 0 amide bonds. The Kier molecular flexibility index (Phi) is 3.79. The number of nitrogens with zero attached hydrogens (tertiary/aromatic N) is 2. The minimum Gasteiger partial charge on any atom is -0.462 e. The van der Waals surface area contributed by atoms with E-state index in [1.165, 1.54) is 6.20 Å². The van der Waals surface area contributed by atoms with Gasteiger partial charge in [-0.25, -0.2) is 14.8 Å². The van der Waals surface area contributed by atoms with Crippen LogP contribution in [0.5, 0.6) is 0 Å². The maximum atomic E-state index is 11.6. The van der Waals surface area contributed by atoms with E-state index in [0.717, 1.165) is 18.8 Å². The lowest BCUT2D eigenvalue weighted by Gasteiger charge is -2.33. The van der Waals surface area contributed by atoms with Crippen LogP contribution in [0, 0.1) is 12.8 Å². The van der Waals surface area contributed by atoms with Crippen molar-refractivity contribution in [3.8, 4) is 0 Å². The highest BCUT2D eigenvalue weighted by Crippen LogP contribution is 2.28. The molecule has 1 aromatic rings. The van der Waals surface area contributed by atoms with E-state index >= 15 is 0 Å². The SMILES string of the molecule is CCOC(=O)c1cnc(NC2CC(C)C2)nc1C. The lowest BCUT2D eigenvalue weighted by Crippen LogP contribution is -2.34. The van der Waals surface area contributed by atoms with Crippen molar-refractivity contribution >= 4 is 11.9 Å². The highest BCUT2D eigenvalue weighted by molar-refractivity contribution is 5.90. The van der Waals surface area contributed by atoms with Crippen molar-refractivity contribution in [3.05, 3.63) is 17.5 Å². The first-order chi connectivity index (χ1) is 8.60. The van der Waals surface area contributed by atoms with Crippen molar-refractivity contribution in [1.29, 1.82) is 0 Å². The number of anilines is 1. The maximum Gasteiger partial charge on any atom is 0.341 e. The molecule has 0 atom stereocenters. The van der Waals surface area contributed by atoms with E-state index in [-0.39, 0.29) is 5.97 Å². The van der Waals surface area contributed by atoms with Crippen LogP contribution in [0.25, 0.3) is 0 Å². The van der Waals surface area contributed by atoms with Gasteiger partial charge in [0.15, 0.2) is 0 Å². The van der Waals surface area contributed by atoms with Crippen molar-refractivity contribution < 1.29 is 9.53 Å². The molecule has 1 aliphatic carbocycles. The van der Waals surface area contributed by atoms with E-state index < -0.39 is 0 Å². The molecule has 1 aliphatic rings. The average Bonchev–Trinajstić information content (AvgIpc) is 2.27. The molecule has 98 valence electrons. The molecule has 1 heterocycles. The first kappa shape index (κ1) is 12.8. The molecular formula is C13H19N3O2. The molecule has 5 nitrogen and oxygen atoms in total. The molecule has 0 aromatic carbocycles. The number of esters is 1. The second-order valence-corrected chi connectivity index (χ2v) is 4.83. The van der Waals surface area contributed by atoms with Crippen LogP contribution in [-0.2, 0) is 4.74 Å². The predicted molar refractivity (Wildman–Crippen MR) is 68.5 cm³/mol. The van der Waals surface area contributed by atoms with E-state index in [9.17, 15) is 4.79 Å². The summed E-state index contributed by atoms with van der Waals surface area (Å²) in [5, 5.41) is 3.27. The highest BCUT2D eigenvalue weighted by atomic mass is 16.5. The number of aromatic nitrogens is 2. The topological polar surface area (TPSA) is 64.1 Å². The Morgan fingerprint density at radius 3 is 2.83 bits per heavy atom. The van der Waals surface area contributed by atoms with Crippen molar-refractivity contribution in [2.24, 2.45) is 5.92 Å². The fourth-order valence-electron chi connectivity index (χ4n) is 2.15. The summed E-state index contributed by atoms with van der Waals surface area (Å²) in [7, 11) is 0. The number of hydrogen-bond donors (Lipinski definition) is 1. The second-order valence-electron chi connectivity index (χ2n) is 4.83. The lowest BCUT2D eigenvalue weighted by molar-refractivity contribution is 0.0524. The Hall–Kier alpha value is -1.65. The number of ether oxygens (including phenoxy) is 1. The van der Waals surface area contributed by atoms with Crippen LogP contribution < -0.4 is 5.32 Å². The average molecular weight is 249 g/mol. The Balaban J connectivity index is 2.02. The van der Waals surface area contributed by atoms with Crippen molar-refractivity contribution in [1.82, 2.24) is 9.97 Å². The zero-order valence-electron chi connectivity index (χ0n) is 11.1. The summed E-state index contributed by atoms with van der Waals surface area (Å²) in [6, 6.07) is 0.466. The van der Waals surface area contributed by atoms with Gasteiger partial charge in [0, 0.05) is 12.2 Å². The summed E-state index contributed by atoms with van der Waals surface area (Å²) in [5.41, 5.74) is 1.09. The van der Waals surface area contributed by atoms with Crippen LogP contribution in [-0.4, -0.2) is 28.6 Å². The first-order valence-electron chi connectivity index (χ1n) is 6.37. The maximum absolute atomic E-state index is 11.6. The third kappa shape index (κ3) is 2.78. The standard InChI is InChI=1S/C13H19N3O2/c1-4-18-12(17)11-7-14-13(15-9(11)3)16-10-5-8(2)6-10/h7-8,10H,4-6H2,1-3H3,(H,14,15,16). The van der Waals surface area contributed by atoms with Crippen molar-refractivity contribution in [2.75, 3.05) is 11.9 Å². The Labute approximate surface area is 107 Å². The Bertz CT molecular complexity index is 442.